The van der Waals surface area contributed by atoms with Crippen LogP contribution < -0.4 is 25.3 Å². The van der Waals surface area contributed by atoms with Crippen LogP contribution in [0.3, 0.4) is 0 Å². The number of rotatable bonds is 13. The lowest BCUT2D eigenvalue weighted by Gasteiger charge is -2.18. The van der Waals surface area contributed by atoms with E-state index < -0.39 is 0 Å². The number of nitrogens with two attached hydrogens (primary N) is 1. The Kier molecular flexibility index (Phi) is 10.5. The number of guanidine groups is 1. The second-order valence-electron chi connectivity index (χ2n) is 7.05. The maximum Gasteiger partial charge on any atom is 0.188 e. The molecule has 0 amide bonds. The van der Waals surface area contributed by atoms with Crippen LogP contribution >= 0.6 is 0 Å². The Bertz CT molecular complexity index is 822. The highest BCUT2D eigenvalue weighted by Crippen LogP contribution is 2.27. The number of hydrogen-bond acceptors (Lipinski definition) is 5. The molecule has 0 spiro atoms. The molecule has 0 atom stereocenters. The van der Waals surface area contributed by atoms with Gasteiger partial charge in [0.05, 0.1) is 20.8 Å². The fourth-order valence-corrected chi connectivity index (χ4v) is 3.20. The molecule has 7 nitrogen and oxygen atoms in total. The van der Waals surface area contributed by atoms with Crippen molar-refractivity contribution < 1.29 is 14.2 Å². The van der Waals surface area contributed by atoms with Gasteiger partial charge in [-0.2, -0.15) is 0 Å². The smallest absolute Gasteiger partial charge is 0.188 e. The summed E-state index contributed by atoms with van der Waals surface area (Å²) in [6.07, 6.45) is 0.793. The van der Waals surface area contributed by atoms with Crippen molar-refractivity contribution in [3.05, 3.63) is 53.6 Å². The third-order valence-electron chi connectivity index (χ3n) is 5.12. The van der Waals surface area contributed by atoms with Crippen LogP contribution in [0.1, 0.15) is 25.0 Å². The van der Waals surface area contributed by atoms with Gasteiger partial charge in [0.15, 0.2) is 17.5 Å². The van der Waals surface area contributed by atoms with E-state index in [4.69, 9.17) is 19.9 Å². The number of likely N-dealkylation sites (N-methyl/N-ethyl adjacent to an activating group) is 1. The quantitative estimate of drug-likeness (QED) is 0.377. The summed E-state index contributed by atoms with van der Waals surface area (Å²) in [6, 6.07) is 13.9. The number of nitrogens with zero attached hydrogens (tertiary/aromatic N) is 2. The molecule has 0 unspecified atom stereocenters. The van der Waals surface area contributed by atoms with Gasteiger partial charge in [0.25, 0.3) is 0 Å². The Morgan fingerprint density at radius 2 is 1.74 bits per heavy atom. The van der Waals surface area contributed by atoms with Gasteiger partial charge >= 0.3 is 0 Å². The van der Waals surface area contributed by atoms with Crippen LogP contribution in [0, 0.1) is 0 Å². The summed E-state index contributed by atoms with van der Waals surface area (Å²) in [7, 11) is 3.26. The van der Waals surface area contributed by atoms with Crippen LogP contribution in [0.15, 0.2) is 47.5 Å². The highest BCUT2D eigenvalue weighted by molar-refractivity contribution is 5.77. The SMILES string of the molecule is CCN(CC)CCOc1ccccc1CN=C(N)NCCc1ccc(OC)c(OC)c1. The van der Waals surface area contributed by atoms with Gasteiger partial charge < -0.3 is 30.2 Å². The van der Waals surface area contributed by atoms with E-state index in [1.54, 1.807) is 14.2 Å². The molecule has 0 aromatic heterocycles. The summed E-state index contributed by atoms with van der Waals surface area (Å²) in [4.78, 5) is 6.81. The Hall–Kier alpha value is -2.93. The average Bonchev–Trinajstić information content (AvgIpc) is 2.81. The molecular weight excluding hydrogens is 392 g/mol. The molecular formula is C24H36N4O3. The molecule has 0 aliphatic heterocycles. The average molecular weight is 429 g/mol. The molecule has 0 bridgehead atoms. The van der Waals surface area contributed by atoms with Crippen molar-refractivity contribution in [2.45, 2.75) is 26.8 Å². The van der Waals surface area contributed by atoms with Crippen molar-refractivity contribution in [2.24, 2.45) is 10.7 Å². The molecule has 31 heavy (non-hydrogen) atoms. The van der Waals surface area contributed by atoms with Gasteiger partial charge in [-0.15, -0.1) is 0 Å². The molecule has 0 fully saturated rings. The second-order valence-corrected chi connectivity index (χ2v) is 7.05. The molecule has 2 aromatic carbocycles. The zero-order valence-electron chi connectivity index (χ0n) is 19.2. The Morgan fingerprint density at radius 1 is 1.00 bits per heavy atom. The van der Waals surface area contributed by atoms with Gasteiger partial charge in [-0.25, -0.2) is 4.99 Å². The first kappa shape index (κ1) is 24.3. The predicted molar refractivity (Wildman–Crippen MR) is 126 cm³/mol. The first-order chi connectivity index (χ1) is 15.1. The zero-order chi connectivity index (χ0) is 22.5. The van der Waals surface area contributed by atoms with Crippen molar-refractivity contribution in [1.82, 2.24) is 10.2 Å². The lowest BCUT2D eigenvalue weighted by atomic mass is 10.1. The van der Waals surface area contributed by atoms with Gasteiger partial charge in [-0.3, -0.25) is 0 Å². The predicted octanol–water partition coefficient (Wildman–Crippen LogP) is 3.07. The number of nitrogens with one attached hydrogen (secondary N) is 1. The maximum atomic E-state index is 6.06. The fourth-order valence-electron chi connectivity index (χ4n) is 3.20. The highest BCUT2D eigenvalue weighted by Gasteiger charge is 2.06. The van der Waals surface area contributed by atoms with E-state index >= 15 is 0 Å². The molecule has 0 aliphatic carbocycles. The Morgan fingerprint density at radius 3 is 2.45 bits per heavy atom. The van der Waals surface area contributed by atoms with Crippen molar-refractivity contribution in [3.63, 3.8) is 0 Å². The summed E-state index contributed by atoms with van der Waals surface area (Å²) < 4.78 is 16.6. The summed E-state index contributed by atoms with van der Waals surface area (Å²) >= 11 is 0. The molecule has 2 aromatic rings. The lowest BCUT2D eigenvalue weighted by Crippen LogP contribution is -2.33. The van der Waals surface area contributed by atoms with Gasteiger partial charge in [-0.05, 0) is 43.3 Å². The molecule has 0 heterocycles. The first-order valence-corrected chi connectivity index (χ1v) is 10.8. The summed E-state index contributed by atoms with van der Waals surface area (Å²) in [5.41, 5.74) is 8.21. The zero-order valence-corrected chi connectivity index (χ0v) is 19.2. The van der Waals surface area contributed by atoms with E-state index in [0.29, 0.717) is 25.7 Å². The Labute approximate surface area is 186 Å². The van der Waals surface area contributed by atoms with Crippen LogP contribution in [0.2, 0.25) is 0 Å². The molecule has 2 rings (SSSR count). The number of ether oxygens (including phenoxy) is 3. The molecule has 0 radical (unpaired) electrons. The minimum Gasteiger partial charge on any atom is -0.493 e. The molecule has 170 valence electrons. The monoisotopic (exact) mass is 428 g/mol. The topological polar surface area (TPSA) is 81.3 Å². The molecule has 3 N–H and O–H groups in total. The van der Waals surface area contributed by atoms with Gasteiger partial charge in [0.1, 0.15) is 12.4 Å². The van der Waals surface area contributed by atoms with Crippen molar-refractivity contribution in [2.75, 3.05) is 47.0 Å². The van der Waals surface area contributed by atoms with Crippen LogP contribution in [0.5, 0.6) is 17.2 Å². The van der Waals surface area contributed by atoms with Crippen molar-refractivity contribution in [3.8, 4) is 17.2 Å². The fraction of sp³-hybridized carbons (Fsp3) is 0.458. The maximum absolute atomic E-state index is 6.06. The van der Waals surface area contributed by atoms with Gasteiger partial charge in [0, 0.05) is 18.7 Å². The molecule has 0 saturated heterocycles. The molecule has 0 aliphatic rings. The normalized spacial score (nSPS) is 11.5. The number of para-hydroxylation sites is 1. The molecule has 7 heteroatoms. The first-order valence-electron chi connectivity index (χ1n) is 10.8. The third-order valence-corrected chi connectivity index (χ3v) is 5.12. The van der Waals surface area contributed by atoms with Crippen LogP contribution in [-0.2, 0) is 13.0 Å². The number of benzene rings is 2. The van der Waals surface area contributed by atoms with Gasteiger partial charge in [-0.1, -0.05) is 38.1 Å². The summed E-state index contributed by atoms with van der Waals surface area (Å²) in [5.74, 6) is 2.72. The highest BCUT2D eigenvalue weighted by atomic mass is 16.5. The second kappa shape index (κ2) is 13.4. The van der Waals surface area contributed by atoms with E-state index in [0.717, 1.165) is 54.4 Å². The van der Waals surface area contributed by atoms with Crippen LogP contribution in [-0.4, -0.2) is 57.9 Å². The summed E-state index contributed by atoms with van der Waals surface area (Å²) in [6.45, 7) is 9.07. The van der Waals surface area contributed by atoms with E-state index in [-0.39, 0.29) is 0 Å². The Balaban J connectivity index is 1.84. The van der Waals surface area contributed by atoms with E-state index in [9.17, 15) is 0 Å². The minimum atomic E-state index is 0.415. The van der Waals surface area contributed by atoms with E-state index in [1.807, 2.05) is 42.5 Å². The third kappa shape index (κ3) is 8.02. The minimum absolute atomic E-state index is 0.415. The van der Waals surface area contributed by atoms with Crippen molar-refractivity contribution in [1.29, 1.82) is 0 Å². The number of methoxy groups -OCH3 is 2. The lowest BCUT2D eigenvalue weighted by molar-refractivity contribution is 0.221. The van der Waals surface area contributed by atoms with E-state index in [1.165, 1.54) is 0 Å². The van der Waals surface area contributed by atoms with E-state index in [2.05, 4.69) is 29.1 Å². The van der Waals surface area contributed by atoms with Crippen LogP contribution in [0.25, 0.3) is 0 Å². The van der Waals surface area contributed by atoms with Crippen LogP contribution in [0.4, 0.5) is 0 Å². The largest absolute Gasteiger partial charge is 0.493 e. The number of aliphatic imine (C=N–C) groups is 1. The summed E-state index contributed by atoms with van der Waals surface area (Å²) in [5, 5.41) is 3.17. The standard InChI is InChI=1S/C24H36N4O3/c1-5-28(6-2)15-16-31-21-10-8-7-9-20(21)18-27-24(25)26-14-13-19-11-12-22(29-3)23(17-19)30-4/h7-12,17H,5-6,13-16,18H2,1-4H3,(H3,25,26,27). The molecule has 0 saturated carbocycles. The van der Waals surface area contributed by atoms with Gasteiger partial charge in [0.2, 0.25) is 0 Å². The number of hydrogen-bond donors (Lipinski definition) is 2. The van der Waals surface area contributed by atoms with Crippen molar-refractivity contribution >= 4 is 5.96 Å².